The maximum Gasteiger partial charge on any atom is 0.416 e. The first kappa shape index (κ1) is 19.1. The Morgan fingerprint density at radius 1 is 1.11 bits per heavy atom. The lowest BCUT2D eigenvalue weighted by atomic mass is 10.1. The Kier molecular flexibility index (Phi) is 4.75. The summed E-state index contributed by atoms with van der Waals surface area (Å²) in [6.45, 7) is 0. The molecular weight excluding hydrogens is 409 g/mol. The highest BCUT2D eigenvalue weighted by Crippen LogP contribution is 2.46. The number of thiocarbonyl (C=S) groups is 1. The number of halogens is 3. The molecule has 4 nitrogen and oxygen atoms in total. The largest absolute Gasteiger partial charge is 0.497 e. The first-order valence-corrected chi connectivity index (χ1v) is 9.86. The summed E-state index contributed by atoms with van der Waals surface area (Å²) < 4.78 is 43.6. The molecule has 0 radical (unpaired) electrons. The molecule has 146 valence electrons. The molecule has 0 spiro atoms. The first-order valence-electron chi connectivity index (χ1n) is 8.40. The van der Waals surface area contributed by atoms with Crippen LogP contribution in [0, 0.1) is 0 Å². The molecule has 0 saturated carbocycles. The van der Waals surface area contributed by atoms with Crippen molar-refractivity contribution in [3.63, 3.8) is 0 Å². The second-order valence-corrected chi connectivity index (χ2v) is 7.86. The van der Waals surface area contributed by atoms with Gasteiger partial charge in [0.25, 0.3) is 5.91 Å². The zero-order valence-electron chi connectivity index (χ0n) is 14.6. The van der Waals surface area contributed by atoms with E-state index in [1.807, 2.05) is 4.90 Å². The van der Waals surface area contributed by atoms with E-state index in [9.17, 15) is 18.0 Å². The van der Waals surface area contributed by atoms with Crippen LogP contribution in [0.15, 0.2) is 48.5 Å². The van der Waals surface area contributed by atoms with Crippen LogP contribution in [0.5, 0.6) is 5.75 Å². The van der Waals surface area contributed by atoms with Gasteiger partial charge in [-0.15, -0.1) is 11.8 Å². The number of methoxy groups -OCH3 is 1. The minimum atomic E-state index is -4.38. The Hall–Kier alpha value is -2.26. The van der Waals surface area contributed by atoms with Crippen LogP contribution in [0.1, 0.15) is 16.5 Å². The van der Waals surface area contributed by atoms with Gasteiger partial charge in [-0.1, -0.05) is 12.1 Å². The number of benzene rings is 2. The van der Waals surface area contributed by atoms with Gasteiger partial charge >= 0.3 is 6.18 Å². The molecule has 2 aliphatic heterocycles. The van der Waals surface area contributed by atoms with E-state index in [-0.39, 0.29) is 11.3 Å². The third kappa shape index (κ3) is 3.12. The molecule has 2 aromatic rings. The molecule has 9 heteroatoms. The van der Waals surface area contributed by atoms with Crippen LogP contribution in [0.25, 0.3) is 0 Å². The van der Waals surface area contributed by atoms with Crippen molar-refractivity contribution in [2.45, 2.75) is 17.6 Å². The summed E-state index contributed by atoms with van der Waals surface area (Å²) in [7, 11) is 1.56. The monoisotopic (exact) mass is 424 g/mol. The molecule has 2 fully saturated rings. The van der Waals surface area contributed by atoms with E-state index >= 15 is 0 Å². The fourth-order valence-corrected chi connectivity index (χ4v) is 5.27. The van der Waals surface area contributed by atoms with Crippen LogP contribution in [-0.2, 0) is 11.0 Å². The van der Waals surface area contributed by atoms with Crippen LogP contribution in [0.2, 0.25) is 0 Å². The number of alkyl halides is 3. The lowest BCUT2D eigenvalue weighted by Gasteiger charge is -2.26. The van der Waals surface area contributed by atoms with E-state index in [0.29, 0.717) is 27.9 Å². The third-order valence-corrected chi connectivity index (χ3v) is 6.49. The highest BCUT2D eigenvalue weighted by molar-refractivity contribution is 7.99. The fourth-order valence-electron chi connectivity index (χ4n) is 3.35. The number of thioether (sulfide) groups is 1. The molecule has 0 bridgehead atoms. The molecule has 0 N–H and O–H groups in total. The van der Waals surface area contributed by atoms with Gasteiger partial charge in [-0.25, -0.2) is 0 Å². The van der Waals surface area contributed by atoms with E-state index in [1.54, 1.807) is 31.4 Å². The maximum absolute atomic E-state index is 12.9. The number of carbonyl (C=O) groups excluding carboxylic acids is 1. The fraction of sp³-hybridized carbons (Fsp3) is 0.263. The van der Waals surface area contributed by atoms with Crippen molar-refractivity contribution in [3.05, 3.63) is 59.7 Å². The quantitative estimate of drug-likeness (QED) is 0.680. The Morgan fingerprint density at radius 3 is 2.32 bits per heavy atom. The molecule has 2 atom stereocenters. The smallest absolute Gasteiger partial charge is 0.416 e. The predicted octanol–water partition coefficient (Wildman–Crippen LogP) is 4.46. The van der Waals surface area contributed by atoms with Crippen LogP contribution in [0.4, 0.5) is 18.9 Å². The minimum absolute atomic E-state index is 0.128. The van der Waals surface area contributed by atoms with Gasteiger partial charge in [0.2, 0.25) is 0 Å². The zero-order chi connectivity index (χ0) is 20.1. The van der Waals surface area contributed by atoms with Gasteiger partial charge in [0.15, 0.2) is 5.11 Å². The van der Waals surface area contributed by atoms with Gasteiger partial charge < -0.3 is 9.64 Å². The van der Waals surface area contributed by atoms with Gasteiger partial charge in [-0.3, -0.25) is 9.69 Å². The minimum Gasteiger partial charge on any atom is -0.497 e. The number of hydrogen-bond donors (Lipinski definition) is 0. The molecule has 0 aromatic heterocycles. The van der Waals surface area contributed by atoms with Gasteiger partial charge in [0.05, 0.1) is 18.4 Å². The SMILES string of the molecule is COc1ccc(N2C(=O)[C@@H]3CS[C@H](c4ccc(C(F)(F)F)cc4)N3C2=S)cc1. The van der Waals surface area contributed by atoms with E-state index < -0.39 is 17.8 Å². The number of ether oxygens (including phenoxy) is 1. The molecule has 4 rings (SSSR count). The Morgan fingerprint density at radius 2 is 1.75 bits per heavy atom. The van der Waals surface area contributed by atoms with E-state index in [2.05, 4.69) is 0 Å². The molecule has 2 saturated heterocycles. The average molecular weight is 424 g/mol. The number of nitrogens with zero attached hydrogens (tertiary/aromatic N) is 2. The summed E-state index contributed by atoms with van der Waals surface area (Å²) in [5, 5.41) is 0.0575. The maximum atomic E-state index is 12.9. The van der Waals surface area contributed by atoms with Gasteiger partial charge in [-0.05, 0) is 54.2 Å². The molecule has 28 heavy (non-hydrogen) atoms. The van der Waals surface area contributed by atoms with Crippen molar-refractivity contribution in [2.24, 2.45) is 0 Å². The van der Waals surface area contributed by atoms with Crippen molar-refractivity contribution in [1.29, 1.82) is 0 Å². The van der Waals surface area contributed by atoms with Crippen LogP contribution >= 0.6 is 24.0 Å². The highest BCUT2D eigenvalue weighted by Gasteiger charge is 2.50. The molecule has 0 aliphatic carbocycles. The number of anilines is 1. The van der Waals surface area contributed by atoms with Crippen molar-refractivity contribution >= 4 is 40.7 Å². The van der Waals surface area contributed by atoms with Gasteiger partial charge in [-0.2, -0.15) is 13.2 Å². The van der Waals surface area contributed by atoms with Crippen LogP contribution < -0.4 is 9.64 Å². The molecule has 2 aromatic carbocycles. The summed E-state index contributed by atoms with van der Waals surface area (Å²) in [6, 6.07) is 11.6. The molecular formula is C19H15F3N2O2S2. The number of fused-ring (bicyclic) bond motifs is 1. The lowest BCUT2D eigenvalue weighted by Crippen LogP contribution is -2.33. The van der Waals surface area contributed by atoms with E-state index in [0.717, 1.165) is 12.1 Å². The van der Waals surface area contributed by atoms with Crippen LogP contribution in [-0.4, -0.2) is 34.8 Å². The predicted molar refractivity (Wildman–Crippen MR) is 105 cm³/mol. The summed E-state index contributed by atoms with van der Waals surface area (Å²) >= 11 is 7.07. The molecule has 1 amide bonds. The summed E-state index contributed by atoms with van der Waals surface area (Å²) in [5.41, 5.74) is 0.629. The normalized spacial score (nSPS) is 22.0. The number of rotatable bonds is 3. The average Bonchev–Trinajstić information content (AvgIpc) is 3.22. The van der Waals surface area contributed by atoms with Crippen LogP contribution in [0.3, 0.4) is 0 Å². The highest BCUT2D eigenvalue weighted by atomic mass is 32.2. The lowest BCUT2D eigenvalue weighted by molar-refractivity contribution is -0.137. The van der Waals surface area contributed by atoms with E-state index in [1.165, 1.54) is 28.8 Å². The second kappa shape index (κ2) is 6.97. The third-order valence-electron chi connectivity index (χ3n) is 4.77. The number of hydrogen-bond acceptors (Lipinski definition) is 4. The van der Waals surface area contributed by atoms with Crippen molar-refractivity contribution < 1.29 is 22.7 Å². The van der Waals surface area contributed by atoms with Crippen molar-refractivity contribution in [3.8, 4) is 5.75 Å². The Balaban J connectivity index is 1.61. The molecule has 2 heterocycles. The topological polar surface area (TPSA) is 32.8 Å². The summed E-state index contributed by atoms with van der Waals surface area (Å²) in [6.07, 6.45) is -4.38. The van der Waals surface area contributed by atoms with Gasteiger partial charge in [0, 0.05) is 5.75 Å². The van der Waals surface area contributed by atoms with E-state index in [4.69, 9.17) is 17.0 Å². The first-order chi connectivity index (χ1) is 13.3. The van der Waals surface area contributed by atoms with Crippen molar-refractivity contribution in [2.75, 3.05) is 17.8 Å². The molecule has 2 aliphatic rings. The summed E-state index contributed by atoms with van der Waals surface area (Å²) in [5.74, 6) is 1.06. The van der Waals surface area contributed by atoms with Gasteiger partial charge in [0.1, 0.15) is 17.2 Å². The zero-order valence-corrected chi connectivity index (χ0v) is 16.3. The van der Waals surface area contributed by atoms with Crippen molar-refractivity contribution in [1.82, 2.24) is 4.90 Å². The number of carbonyl (C=O) groups is 1. The number of amides is 1. The summed E-state index contributed by atoms with van der Waals surface area (Å²) in [4.78, 5) is 16.2. The Labute approximate surface area is 169 Å². The second-order valence-electron chi connectivity index (χ2n) is 6.38. The Bertz CT molecular complexity index is 916. The molecule has 0 unspecified atom stereocenters. The standard InChI is InChI=1S/C19H15F3N2O2S2/c1-26-14-8-6-13(7-9-14)23-16(25)15-10-28-17(24(15)18(23)27)11-2-4-12(5-3-11)19(20,21)22/h2-9,15,17H,10H2,1H3/t15-,17+/m0/s1.